The van der Waals surface area contributed by atoms with Gasteiger partial charge in [-0.3, -0.25) is 4.79 Å². The molecule has 0 aromatic heterocycles. The maximum atomic E-state index is 13.0. The fourth-order valence-corrected chi connectivity index (χ4v) is 1.80. The number of halogens is 6. The summed E-state index contributed by atoms with van der Waals surface area (Å²) >= 11 is 0.757. The quantitative estimate of drug-likeness (QED) is 0.497. The summed E-state index contributed by atoms with van der Waals surface area (Å²) in [5.41, 5.74) is 0. The molecular formula is C10H14F6OS. The summed E-state index contributed by atoms with van der Waals surface area (Å²) in [6, 6.07) is 0. The average molecular weight is 296 g/mol. The van der Waals surface area contributed by atoms with Crippen molar-refractivity contribution in [2.24, 2.45) is 0 Å². The summed E-state index contributed by atoms with van der Waals surface area (Å²) in [5, 5.41) is -0.239. The molecular weight excluding hydrogens is 282 g/mol. The van der Waals surface area contributed by atoms with E-state index in [2.05, 4.69) is 0 Å². The Balaban J connectivity index is 4.26. The third kappa shape index (κ3) is 4.70. The predicted molar refractivity (Wildman–Crippen MR) is 57.8 cm³/mol. The molecule has 0 saturated heterocycles. The standard InChI is InChI=1S/C10H14F6OS/c1-2-8(17)18-5-3-4-9(13,14)10(15,16)7(12)6-11/h7H,2-6H2,1H3. The van der Waals surface area contributed by atoms with Gasteiger partial charge in [-0.25, -0.2) is 8.78 Å². The van der Waals surface area contributed by atoms with Crippen LogP contribution in [-0.2, 0) is 4.79 Å². The van der Waals surface area contributed by atoms with Crippen molar-refractivity contribution in [3.05, 3.63) is 0 Å². The van der Waals surface area contributed by atoms with Crippen molar-refractivity contribution >= 4 is 16.9 Å². The van der Waals surface area contributed by atoms with Crippen LogP contribution >= 0.6 is 11.8 Å². The van der Waals surface area contributed by atoms with E-state index in [0.717, 1.165) is 11.8 Å². The number of alkyl halides is 6. The Morgan fingerprint density at radius 1 is 1.28 bits per heavy atom. The van der Waals surface area contributed by atoms with Gasteiger partial charge in [0.15, 0.2) is 11.3 Å². The summed E-state index contributed by atoms with van der Waals surface area (Å²) in [6.45, 7) is -0.585. The molecule has 0 spiro atoms. The number of hydrogen-bond donors (Lipinski definition) is 0. The molecule has 0 fully saturated rings. The van der Waals surface area contributed by atoms with Gasteiger partial charge in [-0.15, -0.1) is 0 Å². The second kappa shape index (κ2) is 7.25. The Bertz CT molecular complexity index is 271. The fraction of sp³-hybridized carbons (Fsp3) is 0.900. The molecule has 0 heterocycles. The Hall–Kier alpha value is -0.400. The lowest BCUT2D eigenvalue weighted by Crippen LogP contribution is -2.48. The normalized spacial score (nSPS) is 14.6. The first-order valence-electron chi connectivity index (χ1n) is 5.30. The van der Waals surface area contributed by atoms with E-state index in [1.807, 2.05) is 0 Å². The van der Waals surface area contributed by atoms with Crippen molar-refractivity contribution in [2.45, 2.75) is 44.2 Å². The SMILES string of the molecule is CCC(=O)SCCCC(F)(F)C(F)(F)C(F)CF. The highest BCUT2D eigenvalue weighted by Crippen LogP contribution is 2.41. The Kier molecular flexibility index (Phi) is 7.09. The second-order valence-electron chi connectivity index (χ2n) is 3.63. The summed E-state index contributed by atoms with van der Waals surface area (Å²) in [7, 11) is 0. The van der Waals surface area contributed by atoms with E-state index in [0.29, 0.717) is 0 Å². The number of hydrogen-bond acceptors (Lipinski definition) is 2. The number of carbonyl (C=O) groups excluding carboxylic acids is 1. The minimum absolute atomic E-state index is 0.0507. The van der Waals surface area contributed by atoms with Gasteiger partial charge < -0.3 is 0 Å². The van der Waals surface area contributed by atoms with Gasteiger partial charge in [0, 0.05) is 18.6 Å². The minimum Gasteiger partial charge on any atom is -0.287 e. The van der Waals surface area contributed by atoms with Crippen LogP contribution in [0, 0.1) is 0 Å². The first kappa shape index (κ1) is 17.6. The van der Waals surface area contributed by atoms with Crippen molar-refractivity contribution in [1.29, 1.82) is 0 Å². The fourth-order valence-electron chi connectivity index (χ4n) is 1.07. The van der Waals surface area contributed by atoms with Crippen molar-refractivity contribution in [1.82, 2.24) is 0 Å². The van der Waals surface area contributed by atoms with Crippen LogP contribution in [0.2, 0.25) is 0 Å². The maximum absolute atomic E-state index is 13.0. The van der Waals surface area contributed by atoms with Crippen molar-refractivity contribution in [3.63, 3.8) is 0 Å². The Morgan fingerprint density at radius 2 is 1.83 bits per heavy atom. The molecule has 0 aliphatic carbocycles. The molecule has 0 aromatic rings. The van der Waals surface area contributed by atoms with Gasteiger partial charge in [-0.2, -0.15) is 17.6 Å². The van der Waals surface area contributed by atoms with E-state index in [-0.39, 0.29) is 23.7 Å². The van der Waals surface area contributed by atoms with Gasteiger partial charge in [-0.05, 0) is 6.42 Å². The third-order valence-corrected chi connectivity index (χ3v) is 3.31. The largest absolute Gasteiger partial charge is 0.343 e. The van der Waals surface area contributed by atoms with E-state index < -0.39 is 31.1 Å². The molecule has 8 heteroatoms. The number of carbonyl (C=O) groups is 1. The summed E-state index contributed by atoms with van der Waals surface area (Å²) in [5.74, 6) is -9.69. The van der Waals surface area contributed by atoms with Gasteiger partial charge >= 0.3 is 11.8 Å². The Labute approximate surface area is 105 Å². The zero-order chi connectivity index (χ0) is 14.4. The van der Waals surface area contributed by atoms with E-state index in [4.69, 9.17) is 0 Å². The highest BCUT2D eigenvalue weighted by Gasteiger charge is 2.61. The van der Waals surface area contributed by atoms with Gasteiger partial charge in [0.2, 0.25) is 0 Å². The first-order valence-corrected chi connectivity index (χ1v) is 6.29. The zero-order valence-electron chi connectivity index (χ0n) is 9.70. The van der Waals surface area contributed by atoms with Crippen molar-refractivity contribution in [3.8, 4) is 0 Å². The second-order valence-corrected chi connectivity index (χ2v) is 4.78. The topological polar surface area (TPSA) is 17.1 Å². The molecule has 0 rings (SSSR count). The van der Waals surface area contributed by atoms with Crippen molar-refractivity contribution in [2.75, 3.05) is 12.4 Å². The van der Waals surface area contributed by atoms with Crippen molar-refractivity contribution < 1.29 is 31.1 Å². The molecule has 108 valence electrons. The molecule has 0 bridgehead atoms. The monoisotopic (exact) mass is 296 g/mol. The molecule has 0 aliphatic heterocycles. The van der Waals surface area contributed by atoms with Gasteiger partial charge in [0.05, 0.1) is 0 Å². The predicted octanol–water partition coefficient (Wildman–Crippen LogP) is 4.01. The molecule has 0 N–H and O–H groups in total. The zero-order valence-corrected chi connectivity index (χ0v) is 10.5. The molecule has 0 aliphatic rings. The van der Waals surface area contributed by atoms with Crippen LogP contribution in [0.5, 0.6) is 0 Å². The first-order chi connectivity index (χ1) is 8.19. The van der Waals surface area contributed by atoms with Crippen LogP contribution in [0.25, 0.3) is 0 Å². The van der Waals surface area contributed by atoms with Crippen LogP contribution in [0.15, 0.2) is 0 Å². The number of thioether (sulfide) groups is 1. The van der Waals surface area contributed by atoms with Crippen LogP contribution in [-0.4, -0.2) is 35.6 Å². The molecule has 18 heavy (non-hydrogen) atoms. The maximum Gasteiger partial charge on any atom is 0.343 e. The van der Waals surface area contributed by atoms with Crippen LogP contribution in [0.4, 0.5) is 26.3 Å². The highest BCUT2D eigenvalue weighted by molar-refractivity contribution is 8.13. The number of rotatable bonds is 8. The van der Waals surface area contributed by atoms with E-state index in [1.165, 1.54) is 0 Å². The van der Waals surface area contributed by atoms with Crippen LogP contribution in [0.1, 0.15) is 26.2 Å². The van der Waals surface area contributed by atoms with Gasteiger partial charge in [0.25, 0.3) is 0 Å². The summed E-state index contributed by atoms with van der Waals surface area (Å²) in [6.07, 6.45) is -4.97. The molecule has 0 aromatic carbocycles. The van der Waals surface area contributed by atoms with Gasteiger partial charge in [-0.1, -0.05) is 18.7 Å². The highest BCUT2D eigenvalue weighted by atomic mass is 32.2. The molecule has 0 radical (unpaired) electrons. The lowest BCUT2D eigenvalue weighted by Gasteiger charge is -2.27. The lowest BCUT2D eigenvalue weighted by molar-refractivity contribution is -0.243. The van der Waals surface area contributed by atoms with E-state index >= 15 is 0 Å². The van der Waals surface area contributed by atoms with Crippen LogP contribution < -0.4 is 0 Å². The molecule has 0 amide bonds. The average Bonchev–Trinajstić information content (AvgIpc) is 2.32. The summed E-state index contributed by atoms with van der Waals surface area (Å²) in [4.78, 5) is 10.8. The lowest BCUT2D eigenvalue weighted by atomic mass is 10.0. The minimum atomic E-state index is -5.03. The van der Waals surface area contributed by atoms with E-state index in [1.54, 1.807) is 6.92 Å². The Morgan fingerprint density at radius 3 is 2.28 bits per heavy atom. The van der Waals surface area contributed by atoms with Gasteiger partial charge in [0.1, 0.15) is 6.67 Å². The summed E-state index contributed by atoms with van der Waals surface area (Å²) < 4.78 is 75.8. The smallest absolute Gasteiger partial charge is 0.287 e. The molecule has 0 saturated carbocycles. The van der Waals surface area contributed by atoms with Crippen LogP contribution in [0.3, 0.4) is 0 Å². The third-order valence-electron chi connectivity index (χ3n) is 2.20. The molecule has 1 nitrogen and oxygen atoms in total. The van der Waals surface area contributed by atoms with E-state index in [9.17, 15) is 31.1 Å². The molecule has 1 atom stereocenters. The molecule has 1 unspecified atom stereocenters.